The molecule has 1 fully saturated rings. The van der Waals surface area contributed by atoms with Gasteiger partial charge in [0.05, 0.1) is 19.3 Å². The van der Waals surface area contributed by atoms with Crippen LogP contribution in [0.2, 0.25) is 0 Å². The molecule has 1 N–H and O–H groups in total. The third-order valence-electron chi connectivity index (χ3n) is 5.07. The summed E-state index contributed by atoms with van der Waals surface area (Å²) in [5.74, 6) is 0.953. The Morgan fingerprint density at radius 1 is 1.19 bits per heavy atom. The van der Waals surface area contributed by atoms with Gasteiger partial charge < -0.3 is 14.6 Å². The number of ether oxygens (including phenoxy) is 2. The second-order valence-corrected chi connectivity index (χ2v) is 7.14. The summed E-state index contributed by atoms with van der Waals surface area (Å²) in [7, 11) is 0. The van der Waals surface area contributed by atoms with E-state index in [1.165, 1.54) is 11.1 Å². The van der Waals surface area contributed by atoms with Gasteiger partial charge >= 0.3 is 0 Å². The maximum Gasteiger partial charge on any atom is 0.125 e. The van der Waals surface area contributed by atoms with Crippen LogP contribution in [-0.2, 0) is 11.3 Å². The first-order chi connectivity index (χ1) is 12.6. The lowest BCUT2D eigenvalue weighted by Crippen LogP contribution is -2.45. The molecule has 0 bridgehead atoms. The molecule has 2 aromatic carbocycles. The summed E-state index contributed by atoms with van der Waals surface area (Å²) in [6.07, 6.45) is 0.0401. The van der Waals surface area contributed by atoms with Crippen LogP contribution in [0.5, 0.6) is 5.75 Å². The summed E-state index contributed by atoms with van der Waals surface area (Å²) >= 11 is 0. The van der Waals surface area contributed by atoms with Crippen LogP contribution >= 0.6 is 0 Å². The Hall–Kier alpha value is -1.88. The molecular formula is C22H29NO3. The normalized spacial score (nSPS) is 19.3. The van der Waals surface area contributed by atoms with Crippen molar-refractivity contribution in [1.29, 1.82) is 0 Å². The molecule has 1 aliphatic heterocycles. The molecule has 0 radical (unpaired) electrons. The second-order valence-electron chi connectivity index (χ2n) is 7.14. The van der Waals surface area contributed by atoms with E-state index in [0.29, 0.717) is 13.2 Å². The van der Waals surface area contributed by atoms with Gasteiger partial charge in [0.1, 0.15) is 12.4 Å². The quantitative estimate of drug-likeness (QED) is 0.859. The summed E-state index contributed by atoms with van der Waals surface area (Å²) in [6.45, 7) is 9.36. The molecule has 0 aromatic heterocycles. The number of aryl methyl sites for hydroxylation is 2. The Kier molecular flexibility index (Phi) is 6.30. The first-order valence-corrected chi connectivity index (χ1v) is 9.33. The largest absolute Gasteiger partial charge is 0.488 e. The van der Waals surface area contributed by atoms with Crippen LogP contribution < -0.4 is 4.74 Å². The van der Waals surface area contributed by atoms with E-state index in [0.717, 1.165) is 30.0 Å². The van der Waals surface area contributed by atoms with E-state index in [9.17, 15) is 5.11 Å². The van der Waals surface area contributed by atoms with E-state index in [1.807, 2.05) is 18.2 Å². The van der Waals surface area contributed by atoms with Gasteiger partial charge in [-0.2, -0.15) is 0 Å². The zero-order valence-electron chi connectivity index (χ0n) is 15.9. The average Bonchev–Trinajstić information content (AvgIpc) is 2.67. The smallest absolute Gasteiger partial charge is 0.125 e. The van der Waals surface area contributed by atoms with Gasteiger partial charge in [0.2, 0.25) is 0 Å². The van der Waals surface area contributed by atoms with Crippen LogP contribution in [0.25, 0.3) is 0 Å². The molecule has 1 saturated heterocycles. The van der Waals surface area contributed by atoms with Crippen molar-refractivity contribution in [2.24, 2.45) is 0 Å². The molecule has 2 atom stereocenters. The fourth-order valence-electron chi connectivity index (χ4n) is 3.51. The third-order valence-corrected chi connectivity index (χ3v) is 5.07. The molecule has 4 heteroatoms. The van der Waals surface area contributed by atoms with Gasteiger partial charge in [-0.05, 0) is 55.2 Å². The maximum atomic E-state index is 9.42. The molecule has 2 unspecified atom stereocenters. The fraction of sp³-hybridized carbons (Fsp3) is 0.455. The highest BCUT2D eigenvalue weighted by molar-refractivity contribution is 5.44. The summed E-state index contributed by atoms with van der Waals surface area (Å²) in [4.78, 5) is 2.29. The summed E-state index contributed by atoms with van der Waals surface area (Å²) in [5, 5.41) is 9.42. The zero-order chi connectivity index (χ0) is 18.5. The molecule has 3 rings (SSSR count). The van der Waals surface area contributed by atoms with Gasteiger partial charge in [0, 0.05) is 19.1 Å². The number of hydrogen-bond acceptors (Lipinski definition) is 4. The molecule has 0 saturated carbocycles. The van der Waals surface area contributed by atoms with Crippen LogP contribution in [0.4, 0.5) is 0 Å². The van der Waals surface area contributed by atoms with Gasteiger partial charge in [-0.3, -0.25) is 4.90 Å². The highest BCUT2D eigenvalue weighted by Crippen LogP contribution is 2.31. The number of rotatable bonds is 6. The van der Waals surface area contributed by atoms with Crippen molar-refractivity contribution < 1.29 is 14.6 Å². The van der Waals surface area contributed by atoms with Gasteiger partial charge in [0.25, 0.3) is 0 Å². The topological polar surface area (TPSA) is 41.9 Å². The van der Waals surface area contributed by atoms with Crippen LogP contribution in [-0.4, -0.2) is 42.4 Å². The van der Waals surface area contributed by atoms with Crippen molar-refractivity contribution in [2.75, 3.05) is 26.3 Å². The number of aliphatic hydroxyl groups is 1. The number of nitrogens with zero attached hydrogens (tertiary/aromatic N) is 1. The van der Waals surface area contributed by atoms with E-state index >= 15 is 0 Å². The van der Waals surface area contributed by atoms with Crippen molar-refractivity contribution in [3.05, 3.63) is 64.7 Å². The Bertz CT molecular complexity index is 694. The summed E-state index contributed by atoms with van der Waals surface area (Å²) in [6, 6.07) is 14.7. The Balaban J connectivity index is 1.72. The predicted molar refractivity (Wildman–Crippen MR) is 104 cm³/mol. The maximum absolute atomic E-state index is 9.42. The molecule has 1 heterocycles. The highest BCUT2D eigenvalue weighted by atomic mass is 16.5. The predicted octanol–water partition coefficient (Wildman–Crippen LogP) is 3.64. The fourth-order valence-corrected chi connectivity index (χ4v) is 3.51. The molecule has 2 aromatic rings. The lowest BCUT2D eigenvalue weighted by atomic mass is 10.00. The Labute approximate surface area is 156 Å². The molecule has 0 spiro atoms. The molecule has 26 heavy (non-hydrogen) atoms. The SMILES string of the molecule is Cc1cc(C2CN(C(C)CO)CCO2)cc(C)c1OCc1ccccc1. The van der Waals surface area contributed by atoms with Crippen LogP contribution in [0, 0.1) is 13.8 Å². The van der Waals surface area contributed by atoms with E-state index < -0.39 is 0 Å². The van der Waals surface area contributed by atoms with Gasteiger partial charge in [-0.1, -0.05) is 30.3 Å². The van der Waals surface area contributed by atoms with Crippen LogP contribution in [0.1, 0.15) is 35.3 Å². The minimum Gasteiger partial charge on any atom is -0.488 e. The number of morpholine rings is 1. The molecule has 4 nitrogen and oxygen atoms in total. The molecular weight excluding hydrogens is 326 g/mol. The number of aliphatic hydroxyl groups excluding tert-OH is 1. The second kappa shape index (κ2) is 8.67. The van der Waals surface area contributed by atoms with Crippen molar-refractivity contribution in [3.63, 3.8) is 0 Å². The summed E-state index contributed by atoms with van der Waals surface area (Å²) < 4.78 is 12.1. The standard InChI is InChI=1S/C22H29NO3/c1-16-11-20(21-13-23(9-10-25-21)18(3)14-24)12-17(2)22(16)26-15-19-7-5-4-6-8-19/h4-8,11-12,18,21,24H,9-10,13-15H2,1-3H3. The third kappa shape index (κ3) is 4.44. The number of hydrogen-bond donors (Lipinski definition) is 1. The van der Waals surface area contributed by atoms with Crippen LogP contribution in [0.3, 0.4) is 0 Å². The Morgan fingerprint density at radius 3 is 2.54 bits per heavy atom. The minimum absolute atomic E-state index is 0.0401. The average molecular weight is 355 g/mol. The molecule has 1 aliphatic rings. The van der Waals surface area contributed by atoms with E-state index in [-0.39, 0.29) is 18.8 Å². The number of benzene rings is 2. The molecule has 0 aliphatic carbocycles. The summed E-state index contributed by atoms with van der Waals surface area (Å²) in [5.41, 5.74) is 4.61. The van der Waals surface area contributed by atoms with Gasteiger partial charge in [-0.25, -0.2) is 0 Å². The first kappa shape index (κ1) is 18.9. The Morgan fingerprint density at radius 2 is 1.88 bits per heavy atom. The van der Waals surface area contributed by atoms with Crippen molar-refractivity contribution in [1.82, 2.24) is 4.90 Å². The minimum atomic E-state index is 0.0401. The molecule has 0 amide bonds. The monoisotopic (exact) mass is 355 g/mol. The van der Waals surface area contributed by atoms with E-state index in [1.54, 1.807) is 0 Å². The van der Waals surface area contributed by atoms with Crippen molar-refractivity contribution in [3.8, 4) is 5.75 Å². The van der Waals surface area contributed by atoms with Crippen molar-refractivity contribution >= 4 is 0 Å². The van der Waals surface area contributed by atoms with Crippen molar-refractivity contribution in [2.45, 2.75) is 39.5 Å². The van der Waals surface area contributed by atoms with Gasteiger partial charge in [-0.15, -0.1) is 0 Å². The lowest BCUT2D eigenvalue weighted by molar-refractivity contribution is -0.0493. The van der Waals surface area contributed by atoms with Gasteiger partial charge in [0.15, 0.2) is 0 Å². The molecule has 140 valence electrons. The lowest BCUT2D eigenvalue weighted by Gasteiger charge is -2.36. The van der Waals surface area contributed by atoms with E-state index in [4.69, 9.17) is 9.47 Å². The van der Waals surface area contributed by atoms with E-state index in [2.05, 4.69) is 49.9 Å². The van der Waals surface area contributed by atoms with Crippen LogP contribution in [0.15, 0.2) is 42.5 Å². The highest BCUT2D eigenvalue weighted by Gasteiger charge is 2.25. The zero-order valence-corrected chi connectivity index (χ0v) is 15.9. The first-order valence-electron chi connectivity index (χ1n) is 9.33.